The fourth-order valence-corrected chi connectivity index (χ4v) is 5.30. The zero-order valence-electron chi connectivity index (χ0n) is 21.9. The maximum atomic E-state index is 12.4. The van der Waals surface area contributed by atoms with Gasteiger partial charge in [-0.2, -0.15) is 0 Å². The number of ether oxygens (including phenoxy) is 1. The summed E-state index contributed by atoms with van der Waals surface area (Å²) in [6, 6.07) is 22.7. The molecule has 0 unspecified atom stereocenters. The predicted molar refractivity (Wildman–Crippen MR) is 154 cm³/mol. The first-order chi connectivity index (χ1) is 19.4. The standard InChI is InChI=1S/C28H26N4O7S2/c1-19-6-14-25(15-7-19)40(35,36)31-27(33)29-21-10-12-23(13-11-21)39-24-5-3-4-22(18-24)30-28(34)32-41(37,38)26-16-8-20(2)9-17-26/h3-18H,1-2H3,(H2,29,31,33)(H2,30,32,34). The molecule has 0 spiro atoms. The molecule has 0 aliphatic heterocycles. The van der Waals surface area contributed by atoms with Crippen LogP contribution >= 0.6 is 0 Å². The molecule has 4 N–H and O–H groups in total. The Morgan fingerprint density at radius 3 is 1.51 bits per heavy atom. The molecule has 11 nitrogen and oxygen atoms in total. The smallest absolute Gasteiger partial charge is 0.333 e. The molecule has 41 heavy (non-hydrogen) atoms. The lowest BCUT2D eigenvalue weighted by Crippen LogP contribution is -2.34. The molecule has 0 bridgehead atoms. The fraction of sp³-hybridized carbons (Fsp3) is 0.0714. The van der Waals surface area contributed by atoms with Crippen molar-refractivity contribution in [1.82, 2.24) is 9.44 Å². The molecule has 13 heteroatoms. The van der Waals surface area contributed by atoms with Gasteiger partial charge in [-0.3, -0.25) is 0 Å². The normalized spacial score (nSPS) is 11.3. The Morgan fingerprint density at radius 2 is 1.02 bits per heavy atom. The minimum absolute atomic E-state index is 0.0379. The topological polar surface area (TPSA) is 160 Å². The van der Waals surface area contributed by atoms with Crippen LogP contribution in [-0.4, -0.2) is 28.9 Å². The van der Waals surface area contributed by atoms with Crippen LogP contribution in [0.25, 0.3) is 0 Å². The van der Waals surface area contributed by atoms with Gasteiger partial charge in [-0.1, -0.05) is 41.5 Å². The van der Waals surface area contributed by atoms with Crippen LogP contribution in [0.4, 0.5) is 21.0 Å². The first-order valence-corrected chi connectivity index (χ1v) is 15.1. The number of aryl methyl sites for hydroxylation is 2. The zero-order valence-corrected chi connectivity index (χ0v) is 23.5. The SMILES string of the molecule is Cc1ccc(S(=O)(=O)NC(=O)Nc2ccc(Oc3cccc(NC(=O)NS(=O)(=O)c4ccc(C)cc4)c3)cc2)cc1. The van der Waals surface area contributed by atoms with Crippen LogP contribution < -0.4 is 24.8 Å². The van der Waals surface area contributed by atoms with Crippen molar-refractivity contribution in [2.24, 2.45) is 0 Å². The van der Waals surface area contributed by atoms with E-state index in [0.717, 1.165) is 11.1 Å². The molecule has 0 aromatic heterocycles. The maximum Gasteiger partial charge on any atom is 0.333 e. The molecule has 0 aliphatic rings. The third-order valence-electron chi connectivity index (χ3n) is 5.56. The van der Waals surface area contributed by atoms with Crippen molar-refractivity contribution in [2.45, 2.75) is 23.6 Å². The van der Waals surface area contributed by atoms with Crippen LogP contribution in [0.5, 0.6) is 11.5 Å². The summed E-state index contributed by atoms with van der Waals surface area (Å²) in [5.41, 5.74) is 2.36. The number of anilines is 2. The van der Waals surface area contributed by atoms with Crippen LogP contribution in [-0.2, 0) is 20.0 Å². The first kappa shape index (κ1) is 29.1. The fourth-order valence-electron chi connectivity index (χ4n) is 3.49. The number of urea groups is 2. The highest BCUT2D eigenvalue weighted by atomic mass is 32.2. The molecule has 0 saturated carbocycles. The lowest BCUT2D eigenvalue weighted by Gasteiger charge is -2.11. The average Bonchev–Trinajstić information content (AvgIpc) is 2.90. The van der Waals surface area contributed by atoms with Crippen LogP contribution in [0, 0.1) is 13.8 Å². The summed E-state index contributed by atoms with van der Waals surface area (Å²) in [6.45, 7) is 3.64. The van der Waals surface area contributed by atoms with E-state index in [4.69, 9.17) is 4.74 Å². The van der Waals surface area contributed by atoms with E-state index in [1.165, 1.54) is 42.5 Å². The van der Waals surface area contributed by atoms with Crippen molar-refractivity contribution in [2.75, 3.05) is 10.6 Å². The molecule has 0 fully saturated rings. The summed E-state index contributed by atoms with van der Waals surface area (Å²) >= 11 is 0. The van der Waals surface area contributed by atoms with Crippen LogP contribution in [0.1, 0.15) is 11.1 Å². The van der Waals surface area contributed by atoms with Gasteiger partial charge in [0.05, 0.1) is 9.79 Å². The van der Waals surface area contributed by atoms with Crippen LogP contribution in [0.3, 0.4) is 0 Å². The Bertz CT molecular complexity index is 1770. The number of sulfonamides is 2. The van der Waals surface area contributed by atoms with Gasteiger partial charge in [0.15, 0.2) is 0 Å². The monoisotopic (exact) mass is 594 g/mol. The molecule has 0 saturated heterocycles. The van der Waals surface area contributed by atoms with E-state index in [1.807, 2.05) is 23.3 Å². The highest BCUT2D eigenvalue weighted by Crippen LogP contribution is 2.25. The summed E-state index contributed by atoms with van der Waals surface area (Å²) in [5, 5.41) is 4.90. The lowest BCUT2D eigenvalue weighted by atomic mass is 10.2. The van der Waals surface area contributed by atoms with E-state index < -0.39 is 32.1 Å². The van der Waals surface area contributed by atoms with Crippen molar-refractivity contribution < 1.29 is 31.2 Å². The van der Waals surface area contributed by atoms with Crippen molar-refractivity contribution in [3.63, 3.8) is 0 Å². The van der Waals surface area contributed by atoms with Crippen molar-refractivity contribution >= 4 is 43.5 Å². The predicted octanol–water partition coefficient (Wildman–Crippen LogP) is 5.12. The second kappa shape index (κ2) is 12.1. The van der Waals surface area contributed by atoms with Gasteiger partial charge >= 0.3 is 12.1 Å². The number of carbonyl (C=O) groups is 2. The number of hydrogen-bond donors (Lipinski definition) is 4. The average molecular weight is 595 g/mol. The lowest BCUT2D eigenvalue weighted by molar-refractivity contribution is 0.255. The molecule has 0 heterocycles. The third kappa shape index (κ3) is 8.06. The highest BCUT2D eigenvalue weighted by molar-refractivity contribution is 7.90. The molecule has 0 radical (unpaired) electrons. The van der Waals surface area contributed by atoms with Gasteiger partial charge in [0.25, 0.3) is 20.0 Å². The number of hydrogen-bond acceptors (Lipinski definition) is 7. The second-order valence-corrected chi connectivity index (χ2v) is 12.3. The van der Waals surface area contributed by atoms with Gasteiger partial charge in [0, 0.05) is 17.4 Å². The molecular formula is C28H26N4O7S2. The largest absolute Gasteiger partial charge is 0.457 e. The van der Waals surface area contributed by atoms with Gasteiger partial charge < -0.3 is 15.4 Å². The van der Waals surface area contributed by atoms with Gasteiger partial charge in [0.2, 0.25) is 0 Å². The Kier molecular flexibility index (Phi) is 8.59. The van der Waals surface area contributed by atoms with Gasteiger partial charge in [-0.25, -0.2) is 35.9 Å². The number of nitrogens with one attached hydrogen (secondary N) is 4. The minimum atomic E-state index is -4.06. The van der Waals surface area contributed by atoms with E-state index in [0.29, 0.717) is 17.2 Å². The Hall–Kier alpha value is -4.88. The first-order valence-electron chi connectivity index (χ1n) is 12.1. The molecule has 4 aromatic rings. The van der Waals surface area contributed by atoms with Crippen molar-refractivity contribution in [3.05, 3.63) is 108 Å². The number of carbonyl (C=O) groups excluding carboxylic acids is 2. The van der Waals surface area contributed by atoms with Gasteiger partial charge in [-0.05, 0) is 74.5 Å². The molecule has 0 aliphatic carbocycles. The summed E-state index contributed by atoms with van der Waals surface area (Å²) in [4.78, 5) is 24.5. The quantitative estimate of drug-likeness (QED) is 0.220. The van der Waals surface area contributed by atoms with E-state index >= 15 is 0 Å². The maximum absolute atomic E-state index is 12.4. The van der Waals surface area contributed by atoms with Crippen molar-refractivity contribution in [3.8, 4) is 11.5 Å². The van der Waals surface area contributed by atoms with E-state index in [9.17, 15) is 26.4 Å². The van der Waals surface area contributed by atoms with Crippen LogP contribution in [0.2, 0.25) is 0 Å². The van der Waals surface area contributed by atoms with E-state index in [-0.39, 0.29) is 15.5 Å². The third-order valence-corrected chi connectivity index (χ3v) is 8.25. The molecule has 4 aromatic carbocycles. The summed E-state index contributed by atoms with van der Waals surface area (Å²) in [7, 11) is -8.09. The summed E-state index contributed by atoms with van der Waals surface area (Å²) in [5.74, 6) is 0.721. The molecule has 212 valence electrons. The number of benzene rings is 4. The summed E-state index contributed by atoms with van der Waals surface area (Å²) in [6.07, 6.45) is 0. The van der Waals surface area contributed by atoms with Gasteiger partial charge in [-0.15, -0.1) is 0 Å². The zero-order chi connectivity index (χ0) is 29.6. The van der Waals surface area contributed by atoms with Gasteiger partial charge in [0.1, 0.15) is 11.5 Å². The Morgan fingerprint density at radius 1 is 0.561 bits per heavy atom. The highest BCUT2D eigenvalue weighted by Gasteiger charge is 2.18. The Balaban J connectivity index is 1.33. The van der Waals surface area contributed by atoms with Crippen molar-refractivity contribution in [1.29, 1.82) is 0 Å². The summed E-state index contributed by atoms with van der Waals surface area (Å²) < 4.78 is 59.3. The molecular weight excluding hydrogens is 568 g/mol. The number of amides is 4. The second-order valence-electron chi connectivity index (χ2n) is 8.90. The van der Waals surface area contributed by atoms with E-state index in [2.05, 4.69) is 10.6 Å². The van der Waals surface area contributed by atoms with Crippen LogP contribution in [0.15, 0.2) is 107 Å². The molecule has 4 amide bonds. The number of rotatable bonds is 8. The molecule has 4 rings (SSSR count). The molecule has 0 atom stereocenters. The van der Waals surface area contributed by atoms with E-state index in [1.54, 1.807) is 54.6 Å². The minimum Gasteiger partial charge on any atom is -0.457 e. The Labute approximate surface area is 237 Å².